The summed E-state index contributed by atoms with van der Waals surface area (Å²) in [6.45, 7) is 0. The van der Waals surface area contributed by atoms with Gasteiger partial charge in [-0.2, -0.15) is 5.10 Å². The molecule has 0 aliphatic carbocycles. The predicted molar refractivity (Wildman–Crippen MR) is 96.3 cm³/mol. The number of amides is 1. The van der Waals surface area contributed by atoms with Crippen LogP contribution in [0.3, 0.4) is 0 Å². The lowest BCUT2D eigenvalue weighted by molar-refractivity contribution is 0.102. The molecule has 0 atom stereocenters. The molecule has 2 aromatic carbocycles. The van der Waals surface area contributed by atoms with Gasteiger partial charge in [0, 0.05) is 40.5 Å². The number of benzene rings is 2. The van der Waals surface area contributed by atoms with Gasteiger partial charge in [0.1, 0.15) is 5.82 Å². The van der Waals surface area contributed by atoms with Crippen LogP contribution in [0.4, 0.5) is 17.2 Å². The fourth-order valence-electron chi connectivity index (χ4n) is 2.40. The Morgan fingerprint density at radius 1 is 1.24 bits per heavy atom. The number of carbonyl (C=O) groups is 1. The van der Waals surface area contributed by atoms with Gasteiger partial charge >= 0.3 is 0 Å². The zero-order chi connectivity index (χ0) is 17.8. The number of azide groups is 1. The Bertz CT molecular complexity index is 986. The molecule has 0 bridgehead atoms. The Hall–Kier alpha value is -3.77. The molecular weight excluding hydrogens is 318 g/mol. The third kappa shape index (κ3) is 3.44. The number of nitrogens with two attached hydrogens (primary N) is 1. The molecule has 0 saturated heterocycles. The number of hydrogen-bond acceptors (Lipinski definition) is 4. The molecule has 8 nitrogen and oxygen atoms in total. The number of anilines is 2. The molecule has 3 rings (SSSR count). The van der Waals surface area contributed by atoms with Gasteiger partial charge in [-0.1, -0.05) is 35.4 Å². The maximum atomic E-state index is 12.4. The number of rotatable bonds is 4. The number of para-hydroxylation sites is 1. The van der Waals surface area contributed by atoms with Crippen LogP contribution in [0.5, 0.6) is 0 Å². The molecule has 0 saturated carbocycles. The third-order valence-corrected chi connectivity index (χ3v) is 3.63. The molecule has 1 amide bonds. The van der Waals surface area contributed by atoms with E-state index in [1.54, 1.807) is 42.1 Å². The number of aromatic nitrogens is 2. The van der Waals surface area contributed by atoms with Crippen molar-refractivity contribution in [2.45, 2.75) is 0 Å². The summed E-state index contributed by atoms with van der Waals surface area (Å²) in [6.07, 6.45) is 0. The summed E-state index contributed by atoms with van der Waals surface area (Å²) in [5, 5.41) is 10.7. The van der Waals surface area contributed by atoms with E-state index < -0.39 is 0 Å². The number of nitrogens with zero attached hydrogens (tertiary/aromatic N) is 5. The van der Waals surface area contributed by atoms with Crippen molar-refractivity contribution in [3.63, 3.8) is 0 Å². The second-order valence-corrected chi connectivity index (χ2v) is 5.32. The fourth-order valence-corrected chi connectivity index (χ4v) is 2.40. The molecule has 0 radical (unpaired) electrons. The Morgan fingerprint density at radius 2 is 2.04 bits per heavy atom. The highest BCUT2D eigenvalue weighted by Gasteiger charge is 2.13. The summed E-state index contributed by atoms with van der Waals surface area (Å²) in [5.74, 6) is 0.197. The van der Waals surface area contributed by atoms with Crippen molar-refractivity contribution < 1.29 is 4.79 Å². The van der Waals surface area contributed by atoms with Crippen LogP contribution in [-0.2, 0) is 7.05 Å². The summed E-state index contributed by atoms with van der Waals surface area (Å²) in [7, 11) is 1.73. The first-order valence-corrected chi connectivity index (χ1v) is 7.44. The highest BCUT2D eigenvalue weighted by atomic mass is 16.1. The van der Waals surface area contributed by atoms with Crippen molar-refractivity contribution in [3.05, 3.63) is 70.6 Å². The molecule has 0 aliphatic rings. The monoisotopic (exact) mass is 333 g/mol. The van der Waals surface area contributed by atoms with Gasteiger partial charge in [-0.3, -0.25) is 9.48 Å². The third-order valence-electron chi connectivity index (χ3n) is 3.63. The number of carbonyl (C=O) groups excluding carboxylic acids is 1. The van der Waals surface area contributed by atoms with Crippen LogP contribution in [0.25, 0.3) is 21.7 Å². The largest absolute Gasteiger partial charge is 0.398 e. The number of nitrogen functional groups attached to an aromatic ring is 1. The van der Waals surface area contributed by atoms with Crippen molar-refractivity contribution in [2.75, 3.05) is 11.1 Å². The van der Waals surface area contributed by atoms with Crippen molar-refractivity contribution in [3.8, 4) is 11.3 Å². The summed E-state index contributed by atoms with van der Waals surface area (Å²) in [4.78, 5) is 15.1. The highest BCUT2D eigenvalue weighted by molar-refractivity contribution is 6.04. The van der Waals surface area contributed by atoms with Gasteiger partial charge in [0.05, 0.1) is 5.69 Å². The molecule has 3 N–H and O–H groups in total. The molecule has 0 aliphatic heterocycles. The highest BCUT2D eigenvalue weighted by Crippen LogP contribution is 2.26. The molecule has 1 aromatic heterocycles. The van der Waals surface area contributed by atoms with Gasteiger partial charge in [-0.15, -0.1) is 0 Å². The van der Waals surface area contributed by atoms with Crippen LogP contribution < -0.4 is 11.1 Å². The first kappa shape index (κ1) is 16.1. The zero-order valence-corrected chi connectivity index (χ0v) is 13.4. The van der Waals surface area contributed by atoms with Crippen LogP contribution in [-0.4, -0.2) is 15.7 Å². The molecule has 0 fully saturated rings. The lowest BCUT2D eigenvalue weighted by Crippen LogP contribution is -2.14. The molecule has 25 heavy (non-hydrogen) atoms. The van der Waals surface area contributed by atoms with E-state index in [4.69, 9.17) is 11.3 Å². The number of hydrogen-bond donors (Lipinski definition) is 2. The Kier molecular flexibility index (Phi) is 4.36. The summed E-state index contributed by atoms with van der Waals surface area (Å²) in [5.41, 5.74) is 17.3. The minimum Gasteiger partial charge on any atom is -0.398 e. The first-order chi connectivity index (χ1) is 12.1. The quantitative estimate of drug-likeness (QED) is 0.326. The van der Waals surface area contributed by atoms with Crippen LogP contribution >= 0.6 is 0 Å². The fraction of sp³-hybridized carbons (Fsp3) is 0.0588. The minimum absolute atomic E-state index is 0.328. The van der Waals surface area contributed by atoms with Crippen LogP contribution in [0.15, 0.2) is 59.7 Å². The van der Waals surface area contributed by atoms with E-state index in [1.165, 1.54) is 6.07 Å². The van der Waals surface area contributed by atoms with Gasteiger partial charge in [-0.05, 0) is 23.7 Å². The topological polar surface area (TPSA) is 122 Å². The van der Waals surface area contributed by atoms with Gasteiger partial charge < -0.3 is 11.1 Å². The van der Waals surface area contributed by atoms with Gasteiger partial charge in [0.25, 0.3) is 5.91 Å². The van der Waals surface area contributed by atoms with Crippen molar-refractivity contribution in [2.24, 2.45) is 12.2 Å². The Morgan fingerprint density at radius 3 is 2.80 bits per heavy atom. The lowest BCUT2D eigenvalue weighted by atomic mass is 10.1. The van der Waals surface area contributed by atoms with E-state index in [0.29, 0.717) is 28.5 Å². The van der Waals surface area contributed by atoms with Crippen molar-refractivity contribution >= 4 is 23.1 Å². The Labute approximate surface area is 143 Å². The molecule has 3 aromatic rings. The Balaban J connectivity index is 1.86. The molecule has 1 heterocycles. The van der Waals surface area contributed by atoms with Crippen molar-refractivity contribution in [1.29, 1.82) is 0 Å². The lowest BCUT2D eigenvalue weighted by Gasteiger charge is -2.05. The maximum absolute atomic E-state index is 12.4. The second-order valence-electron chi connectivity index (χ2n) is 5.32. The molecule has 8 heteroatoms. The zero-order valence-electron chi connectivity index (χ0n) is 13.4. The summed E-state index contributed by atoms with van der Waals surface area (Å²) >= 11 is 0. The number of nitrogens with one attached hydrogen (secondary N) is 1. The average Bonchev–Trinajstić information content (AvgIpc) is 2.96. The van der Waals surface area contributed by atoms with Crippen LogP contribution in [0.1, 0.15) is 10.4 Å². The molecule has 0 spiro atoms. The van der Waals surface area contributed by atoms with Gasteiger partial charge in [0.2, 0.25) is 0 Å². The van der Waals surface area contributed by atoms with E-state index in [1.807, 2.05) is 18.2 Å². The standard InChI is InChI=1S/C17H15N7O/c1-24-16(10-15(22-24)13-7-2-3-8-14(13)18)20-17(25)11-5-4-6-12(9-11)21-23-19/h2-10H,18H2,1H3,(H,20,25). The second kappa shape index (κ2) is 6.77. The molecular formula is C17H15N7O. The van der Waals surface area contributed by atoms with E-state index >= 15 is 0 Å². The van der Waals surface area contributed by atoms with Gasteiger partial charge in [-0.25, -0.2) is 0 Å². The summed E-state index contributed by atoms with van der Waals surface area (Å²) < 4.78 is 1.57. The minimum atomic E-state index is -0.328. The first-order valence-electron chi connectivity index (χ1n) is 7.44. The summed E-state index contributed by atoms with van der Waals surface area (Å²) in [6, 6.07) is 15.6. The van der Waals surface area contributed by atoms with E-state index in [0.717, 1.165) is 5.56 Å². The van der Waals surface area contributed by atoms with E-state index in [-0.39, 0.29) is 5.91 Å². The smallest absolute Gasteiger partial charge is 0.256 e. The number of aryl methyl sites for hydroxylation is 1. The average molecular weight is 333 g/mol. The normalized spacial score (nSPS) is 10.1. The van der Waals surface area contributed by atoms with E-state index in [2.05, 4.69) is 20.4 Å². The van der Waals surface area contributed by atoms with Crippen LogP contribution in [0.2, 0.25) is 0 Å². The maximum Gasteiger partial charge on any atom is 0.256 e. The molecule has 124 valence electrons. The van der Waals surface area contributed by atoms with Crippen molar-refractivity contribution in [1.82, 2.24) is 9.78 Å². The SMILES string of the molecule is Cn1nc(-c2ccccc2N)cc1NC(=O)c1cccc(N=[N+]=[N-])c1. The molecule has 0 unspecified atom stereocenters. The van der Waals surface area contributed by atoms with E-state index in [9.17, 15) is 4.79 Å². The van der Waals surface area contributed by atoms with Crippen LogP contribution in [0, 0.1) is 0 Å². The van der Waals surface area contributed by atoms with Gasteiger partial charge in [0.15, 0.2) is 0 Å². The predicted octanol–water partition coefficient (Wildman–Crippen LogP) is 3.86.